The van der Waals surface area contributed by atoms with E-state index in [1.165, 1.54) is 17.7 Å². The van der Waals surface area contributed by atoms with E-state index in [0.717, 1.165) is 25.7 Å². The van der Waals surface area contributed by atoms with Gasteiger partial charge in [0.05, 0.1) is 0 Å². The van der Waals surface area contributed by atoms with Crippen LogP contribution in [0.3, 0.4) is 0 Å². The molecule has 2 saturated carbocycles. The number of carbonyl (C=O) groups excluding carboxylic acids is 3. The molecule has 3 rings (SSSR count). The monoisotopic (exact) mass is 278 g/mol. The summed E-state index contributed by atoms with van der Waals surface area (Å²) < 4.78 is 0. The summed E-state index contributed by atoms with van der Waals surface area (Å²) in [5.74, 6) is 0.0384. The fourth-order valence-corrected chi connectivity index (χ4v) is 3.64. The van der Waals surface area contributed by atoms with Crippen LogP contribution < -0.4 is 5.32 Å². The minimum atomic E-state index is -0.953. The molecule has 3 fully saturated rings. The molecule has 1 spiro atoms. The summed E-state index contributed by atoms with van der Waals surface area (Å²) in [4.78, 5) is 38.5. The molecule has 1 saturated heterocycles. The van der Waals surface area contributed by atoms with E-state index in [1.807, 2.05) is 6.92 Å². The van der Waals surface area contributed by atoms with E-state index in [4.69, 9.17) is 0 Å². The first-order chi connectivity index (χ1) is 9.58. The smallest absolute Gasteiger partial charge is 0.277 e. The van der Waals surface area contributed by atoms with Crippen LogP contribution in [0.5, 0.6) is 0 Å². The highest BCUT2D eigenvalue weighted by Gasteiger charge is 2.56. The summed E-state index contributed by atoms with van der Waals surface area (Å²) in [6, 6.07) is -0.564. The average molecular weight is 278 g/mol. The first-order valence-corrected chi connectivity index (χ1v) is 7.77. The molecular formula is C15H22N2O3. The van der Waals surface area contributed by atoms with Crippen molar-refractivity contribution >= 4 is 17.8 Å². The van der Waals surface area contributed by atoms with Crippen LogP contribution in [-0.4, -0.2) is 28.8 Å². The first-order valence-electron chi connectivity index (χ1n) is 7.77. The van der Waals surface area contributed by atoms with Gasteiger partial charge in [-0.1, -0.05) is 32.6 Å². The Hall–Kier alpha value is -1.39. The number of hydrogen-bond donors (Lipinski definition) is 1. The third kappa shape index (κ3) is 2.03. The van der Waals surface area contributed by atoms with Crippen molar-refractivity contribution < 1.29 is 14.4 Å². The molecule has 3 aliphatic rings. The van der Waals surface area contributed by atoms with Gasteiger partial charge in [-0.3, -0.25) is 19.8 Å². The van der Waals surface area contributed by atoms with Crippen molar-refractivity contribution in [3.8, 4) is 0 Å². The molecule has 110 valence electrons. The molecule has 1 aliphatic heterocycles. The molecule has 1 atom stereocenters. The van der Waals surface area contributed by atoms with Gasteiger partial charge in [0.1, 0.15) is 5.41 Å². The van der Waals surface area contributed by atoms with Crippen LogP contribution in [0, 0.1) is 11.3 Å². The van der Waals surface area contributed by atoms with Crippen molar-refractivity contribution in [3.63, 3.8) is 0 Å². The summed E-state index contributed by atoms with van der Waals surface area (Å²) in [5.41, 5.74) is -0.953. The van der Waals surface area contributed by atoms with Crippen LogP contribution in [0.4, 0.5) is 4.79 Å². The fraction of sp³-hybridized carbons (Fsp3) is 0.800. The predicted octanol–water partition coefficient (Wildman–Crippen LogP) is 2.20. The van der Waals surface area contributed by atoms with Gasteiger partial charge in [0, 0.05) is 6.04 Å². The van der Waals surface area contributed by atoms with Crippen LogP contribution in [0.1, 0.15) is 58.3 Å². The highest BCUT2D eigenvalue weighted by molar-refractivity contribution is 6.19. The van der Waals surface area contributed by atoms with Crippen LogP contribution in [0.2, 0.25) is 0 Å². The normalized spacial score (nSPS) is 27.1. The minimum Gasteiger partial charge on any atom is -0.277 e. The molecule has 5 heteroatoms. The van der Waals surface area contributed by atoms with Crippen molar-refractivity contribution in [2.75, 3.05) is 0 Å². The summed E-state index contributed by atoms with van der Waals surface area (Å²) in [7, 11) is 0. The van der Waals surface area contributed by atoms with Gasteiger partial charge in [0.2, 0.25) is 11.8 Å². The van der Waals surface area contributed by atoms with Crippen LogP contribution in [0.25, 0.3) is 0 Å². The lowest BCUT2D eigenvalue weighted by atomic mass is 9.81. The number of nitrogens with one attached hydrogen (secondary N) is 1. The summed E-state index contributed by atoms with van der Waals surface area (Å²) in [6.07, 6.45) is 7.00. The number of barbiturate groups is 1. The third-order valence-corrected chi connectivity index (χ3v) is 5.10. The van der Waals surface area contributed by atoms with Crippen molar-refractivity contribution in [1.29, 1.82) is 0 Å². The number of imide groups is 2. The molecule has 4 amide bonds. The molecular weight excluding hydrogens is 256 g/mol. The van der Waals surface area contributed by atoms with E-state index in [0.29, 0.717) is 18.8 Å². The molecule has 0 radical (unpaired) electrons. The van der Waals surface area contributed by atoms with Gasteiger partial charge < -0.3 is 0 Å². The fourth-order valence-electron chi connectivity index (χ4n) is 3.64. The number of hydrogen-bond acceptors (Lipinski definition) is 3. The van der Waals surface area contributed by atoms with Crippen molar-refractivity contribution in [2.24, 2.45) is 11.3 Å². The molecule has 0 aromatic heterocycles. The van der Waals surface area contributed by atoms with Gasteiger partial charge in [-0.2, -0.15) is 0 Å². The van der Waals surface area contributed by atoms with E-state index >= 15 is 0 Å². The second kappa shape index (κ2) is 4.86. The number of urea groups is 1. The molecule has 20 heavy (non-hydrogen) atoms. The largest absolute Gasteiger partial charge is 0.331 e. The number of rotatable bonds is 4. The number of nitrogens with zero attached hydrogens (tertiary/aromatic N) is 1. The Morgan fingerprint density at radius 1 is 1.25 bits per heavy atom. The van der Waals surface area contributed by atoms with Gasteiger partial charge in [-0.05, 0) is 31.6 Å². The maximum atomic E-state index is 12.8. The number of carbonyl (C=O) groups is 3. The molecule has 1 unspecified atom stereocenters. The molecule has 1 heterocycles. The molecule has 2 aliphatic carbocycles. The molecule has 1 N–H and O–H groups in total. The van der Waals surface area contributed by atoms with Gasteiger partial charge in [0.25, 0.3) is 0 Å². The van der Waals surface area contributed by atoms with E-state index in [1.54, 1.807) is 0 Å². The molecule has 0 bridgehead atoms. The van der Waals surface area contributed by atoms with Crippen molar-refractivity contribution in [2.45, 2.75) is 64.3 Å². The standard InChI is InChI=1S/C15H22N2O3/c1-2-11(9-10-5-6-10)17-13(19)15(7-3-4-8-15)12(18)16-14(17)20/h10-11H,2-9H2,1H3,(H,16,18,20). The molecule has 0 aromatic rings. The Morgan fingerprint density at radius 3 is 2.45 bits per heavy atom. The second-order valence-electron chi connectivity index (χ2n) is 6.46. The Morgan fingerprint density at radius 2 is 1.90 bits per heavy atom. The lowest BCUT2D eigenvalue weighted by molar-refractivity contribution is -0.152. The highest BCUT2D eigenvalue weighted by atomic mass is 16.2. The zero-order valence-electron chi connectivity index (χ0n) is 12.0. The summed E-state index contributed by atoms with van der Waals surface area (Å²) >= 11 is 0. The average Bonchev–Trinajstić information content (AvgIpc) is 3.09. The van der Waals surface area contributed by atoms with E-state index in [9.17, 15) is 14.4 Å². The van der Waals surface area contributed by atoms with E-state index in [-0.39, 0.29) is 17.9 Å². The topological polar surface area (TPSA) is 66.5 Å². The van der Waals surface area contributed by atoms with Gasteiger partial charge >= 0.3 is 6.03 Å². The van der Waals surface area contributed by atoms with Gasteiger partial charge in [-0.25, -0.2) is 4.79 Å². The van der Waals surface area contributed by atoms with E-state index in [2.05, 4.69) is 5.32 Å². The van der Waals surface area contributed by atoms with Crippen molar-refractivity contribution in [1.82, 2.24) is 10.2 Å². The van der Waals surface area contributed by atoms with Gasteiger partial charge in [-0.15, -0.1) is 0 Å². The lowest BCUT2D eigenvalue weighted by Gasteiger charge is -2.40. The molecule has 5 nitrogen and oxygen atoms in total. The Labute approximate surface area is 119 Å². The highest BCUT2D eigenvalue weighted by Crippen LogP contribution is 2.43. The maximum Gasteiger partial charge on any atom is 0.331 e. The zero-order chi connectivity index (χ0) is 14.3. The Bertz CT molecular complexity index is 450. The summed E-state index contributed by atoms with van der Waals surface area (Å²) in [6.45, 7) is 2.01. The zero-order valence-corrected chi connectivity index (χ0v) is 12.0. The van der Waals surface area contributed by atoms with E-state index < -0.39 is 11.4 Å². The number of amides is 4. The maximum absolute atomic E-state index is 12.8. The SMILES string of the molecule is CCC(CC1CC1)N1C(=O)NC(=O)C2(CCCC2)C1=O. The predicted molar refractivity (Wildman–Crippen MR) is 72.7 cm³/mol. The van der Waals surface area contributed by atoms with Crippen molar-refractivity contribution in [3.05, 3.63) is 0 Å². The second-order valence-corrected chi connectivity index (χ2v) is 6.46. The first kappa shape index (κ1) is 13.6. The quantitative estimate of drug-likeness (QED) is 0.802. The van der Waals surface area contributed by atoms with Crippen LogP contribution in [-0.2, 0) is 9.59 Å². The van der Waals surface area contributed by atoms with Crippen LogP contribution in [0.15, 0.2) is 0 Å². The Balaban J connectivity index is 1.86. The summed E-state index contributed by atoms with van der Waals surface area (Å²) in [5, 5.41) is 2.43. The van der Waals surface area contributed by atoms with Gasteiger partial charge in [0.15, 0.2) is 0 Å². The third-order valence-electron chi connectivity index (χ3n) is 5.10. The van der Waals surface area contributed by atoms with Crippen LogP contribution >= 0.6 is 0 Å². The Kier molecular flexibility index (Phi) is 3.30. The minimum absolute atomic E-state index is 0.0550. The molecule has 0 aromatic carbocycles. The lowest BCUT2D eigenvalue weighted by Crippen LogP contribution is -2.65.